The van der Waals surface area contributed by atoms with E-state index in [4.69, 9.17) is 14.2 Å². The summed E-state index contributed by atoms with van der Waals surface area (Å²) in [5.74, 6) is 0.571. The van der Waals surface area contributed by atoms with E-state index in [-0.39, 0.29) is 18.3 Å². The van der Waals surface area contributed by atoms with Crippen LogP contribution in [0.15, 0.2) is 63.8 Å². The zero-order valence-electron chi connectivity index (χ0n) is 20.3. The molecule has 0 bridgehead atoms. The maximum Gasteiger partial charge on any atom is 0.338 e. The number of rotatable bonds is 7. The second kappa shape index (κ2) is 10.3. The van der Waals surface area contributed by atoms with Crippen LogP contribution in [0, 0.1) is 0 Å². The van der Waals surface area contributed by atoms with Crippen molar-refractivity contribution in [2.24, 2.45) is 4.99 Å². The molecule has 0 radical (unpaired) electrons. The van der Waals surface area contributed by atoms with E-state index in [2.05, 4.69) is 9.98 Å². The highest BCUT2D eigenvalue weighted by Crippen LogP contribution is 2.36. The smallest absolute Gasteiger partial charge is 0.338 e. The topological polar surface area (TPSA) is 92.0 Å². The van der Waals surface area contributed by atoms with E-state index in [0.29, 0.717) is 37.7 Å². The molecule has 9 heteroatoms. The molecule has 0 saturated carbocycles. The number of carbonyl (C=O) groups excluding carboxylic acids is 1. The normalized spacial score (nSPS) is 15.6. The van der Waals surface area contributed by atoms with E-state index in [1.54, 1.807) is 56.1 Å². The molecule has 3 heterocycles. The Morgan fingerprint density at radius 3 is 2.71 bits per heavy atom. The number of esters is 1. The summed E-state index contributed by atoms with van der Waals surface area (Å²) in [5, 5.41) is 0. The van der Waals surface area contributed by atoms with Gasteiger partial charge in [0.2, 0.25) is 0 Å². The number of benzene rings is 1. The van der Waals surface area contributed by atoms with Gasteiger partial charge in [-0.2, -0.15) is 0 Å². The number of hydrogen-bond acceptors (Lipinski definition) is 8. The minimum atomic E-state index is -0.733. The molecule has 1 aliphatic rings. The van der Waals surface area contributed by atoms with Gasteiger partial charge in [0.05, 0.1) is 41.7 Å². The maximum atomic E-state index is 13.6. The fraction of sp³-hybridized carbons (Fsp3) is 0.308. The molecule has 35 heavy (non-hydrogen) atoms. The molecular formula is C26H27N3O5S. The Bertz CT molecular complexity index is 1450. The summed E-state index contributed by atoms with van der Waals surface area (Å²) in [4.78, 5) is 35.9. The van der Waals surface area contributed by atoms with E-state index in [9.17, 15) is 9.59 Å². The van der Waals surface area contributed by atoms with Crippen LogP contribution in [0.1, 0.15) is 44.9 Å². The van der Waals surface area contributed by atoms with Crippen LogP contribution < -0.4 is 24.4 Å². The van der Waals surface area contributed by atoms with Gasteiger partial charge in [-0.15, -0.1) is 0 Å². The molecule has 4 rings (SSSR count). The van der Waals surface area contributed by atoms with Gasteiger partial charge in [-0.3, -0.25) is 14.3 Å². The Balaban J connectivity index is 1.94. The number of carbonyl (C=O) groups is 1. The zero-order valence-corrected chi connectivity index (χ0v) is 21.1. The van der Waals surface area contributed by atoms with Crippen LogP contribution in [0.2, 0.25) is 0 Å². The third kappa shape index (κ3) is 4.90. The summed E-state index contributed by atoms with van der Waals surface area (Å²) in [5.41, 5.74) is 2.05. The van der Waals surface area contributed by atoms with E-state index >= 15 is 0 Å². The Morgan fingerprint density at radius 1 is 1.26 bits per heavy atom. The predicted octanol–water partition coefficient (Wildman–Crippen LogP) is 2.99. The highest BCUT2D eigenvalue weighted by molar-refractivity contribution is 7.07. The van der Waals surface area contributed by atoms with Gasteiger partial charge in [0, 0.05) is 12.4 Å². The number of ether oxygens (including phenoxy) is 3. The molecule has 1 aromatic carbocycles. The minimum absolute atomic E-state index is 0.0443. The highest BCUT2D eigenvalue weighted by Gasteiger charge is 2.34. The molecule has 0 fully saturated rings. The van der Waals surface area contributed by atoms with Gasteiger partial charge >= 0.3 is 5.97 Å². The number of methoxy groups -OCH3 is 1. The van der Waals surface area contributed by atoms with Crippen LogP contribution >= 0.6 is 11.3 Å². The SMILES string of the molecule is CCOC(=O)C1=C(C)N=c2s/c(=C\c3cccnc3)c(=O)n2[C@H]1c1ccc(OC(C)C)c(OC)c1. The van der Waals surface area contributed by atoms with E-state index in [1.807, 2.05) is 32.0 Å². The molecule has 1 atom stereocenters. The Labute approximate surface area is 206 Å². The number of allylic oxidation sites excluding steroid dienone is 1. The van der Waals surface area contributed by atoms with Crippen LogP contribution in [0.5, 0.6) is 11.5 Å². The molecule has 8 nitrogen and oxygen atoms in total. The second-order valence-corrected chi connectivity index (χ2v) is 9.17. The van der Waals surface area contributed by atoms with Crippen molar-refractivity contribution in [3.63, 3.8) is 0 Å². The van der Waals surface area contributed by atoms with Gasteiger partial charge in [0.1, 0.15) is 0 Å². The van der Waals surface area contributed by atoms with Crippen molar-refractivity contribution in [3.8, 4) is 11.5 Å². The Morgan fingerprint density at radius 2 is 2.06 bits per heavy atom. The van der Waals surface area contributed by atoms with Crippen molar-refractivity contribution in [1.82, 2.24) is 9.55 Å². The minimum Gasteiger partial charge on any atom is -0.493 e. The van der Waals surface area contributed by atoms with E-state index in [1.165, 1.54) is 11.3 Å². The second-order valence-electron chi connectivity index (χ2n) is 8.17. The molecule has 1 aliphatic heterocycles. The molecule has 2 aromatic heterocycles. The lowest BCUT2D eigenvalue weighted by Gasteiger charge is -2.25. The van der Waals surface area contributed by atoms with Gasteiger partial charge in [-0.25, -0.2) is 9.79 Å². The molecular weight excluding hydrogens is 466 g/mol. The summed E-state index contributed by atoms with van der Waals surface area (Å²) >= 11 is 1.27. The molecule has 0 amide bonds. The quantitative estimate of drug-likeness (QED) is 0.470. The van der Waals surface area contributed by atoms with Crippen LogP contribution in [0.25, 0.3) is 6.08 Å². The Kier molecular flexibility index (Phi) is 7.16. The summed E-state index contributed by atoms with van der Waals surface area (Å²) in [6.07, 6.45) is 5.09. The number of nitrogens with zero attached hydrogens (tertiary/aromatic N) is 3. The van der Waals surface area contributed by atoms with Crippen LogP contribution in [-0.4, -0.2) is 35.3 Å². The lowest BCUT2D eigenvalue weighted by atomic mass is 9.95. The fourth-order valence-corrected chi connectivity index (χ4v) is 4.97. The lowest BCUT2D eigenvalue weighted by molar-refractivity contribution is -0.139. The first-order chi connectivity index (χ1) is 16.8. The van der Waals surface area contributed by atoms with E-state index in [0.717, 1.165) is 5.56 Å². The van der Waals surface area contributed by atoms with Crippen molar-refractivity contribution in [2.75, 3.05) is 13.7 Å². The molecule has 0 aliphatic carbocycles. The number of fused-ring (bicyclic) bond motifs is 1. The van der Waals surface area contributed by atoms with Crippen LogP contribution in [0.4, 0.5) is 0 Å². The van der Waals surface area contributed by atoms with Crippen molar-refractivity contribution in [1.29, 1.82) is 0 Å². The summed E-state index contributed by atoms with van der Waals surface area (Å²) in [6, 6.07) is 8.36. The first kappa shape index (κ1) is 24.4. The summed E-state index contributed by atoms with van der Waals surface area (Å²) in [6.45, 7) is 7.56. The summed E-state index contributed by atoms with van der Waals surface area (Å²) in [7, 11) is 1.55. The highest BCUT2D eigenvalue weighted by atomic mass is 32.1. The van der Waals surface area contributed by atoms with Gasteiger partial charge in [-0.05, 0) is 63.1 Å². The predicted molar refractivity (Wildman–Crippen MR) is 133 cm³/mol. The van der Waals surface area contributed by atoms with Gasteiger partial charge < -0.3 is 14.2 Å². The molecule has 182 valence electrons. The third-order valence-corrected chi connectivity index (χ3v) is 6.35. The number of thiazole rings is 1. The monoisotopic (exact) mass is 493 g/mol. The van der Waals surface area contributed by atoms with E-state index < -0.39 is 12.0 Å². The maximum absolute atomic E-state index is 13.6. The first-order valence-electron chi connectivity index (χ1n) is 11.3. The largest absolute Gasteiger partial charge is 0.493 e. The molecule has 0 unspecified atom stereocenters. The van der Waals surface area contributed by atoms with Crippen LogP contribution in [0.3, 0.4) is 0 Å². The van der Waals surface area contributed by atoms with Gasteiger partial charge in [-0.1, -0.05) is 23.5 Å². The number of pyridine rings is 1. The van der Waals surface area contributed by atoms with Gasteiger partial charge in [0.15, 0.2) is 16.3 Å². The van der Waals surface area contributed by atoms with Gasteiger partial charge in [0.25, 0.3) is 5.56 Å². The molecule has 0 saturated heterocycles. The van der Waals surface area contributed by atoms with Crippen LogP contribution in [-0.2, 0) is 9.53 Å². The van der Waals surface area contributed by atoms with Crippen molar-refractivity contribution in [3.05, 3.63) is 84.8 Å². The summed E-state index contributed by atoms with van der Waals surface area (Å²) < 4.78 is 18.8. The lowest BCUT2D eigenvalue weighted by Crippen LogP contribution is -2.40. The molecule has 0 N–H and O–H groups in total. The third-order valence-electron chi connectivity index (χ3n) is 5.37. The van der Waals surface area contributed by atoms with Crippen molar-refractivity contribution < 1.29 is 19.0 Å². The zero-order chi connectivity index (χ0) is 25.1. The number of hydrogen-bond donors (Lipinski definition) is 0. The van der Waals surface area contributed by atoms with Crippen molar-refractivity contribution >= 4 is 23.4 Å². The molecule has 3 aromatic rings. The molecule has 0 spiro atoms. The average Bonchev–Trinajstić information content (AvgIpc) is 3.13. The number of aromatic nitrogens is 2. The Hall–Kier alpha value is -3.72. The first-order valence-corrected chi connectivity index (χ1v) is 12.1. The standard InChI is InChI=1S/C26H27N3O5S/c1-6-33-25(31)22-16(4)28-26-29(24(30)21(35-26)12-17-8-7-11-27-14-17)23(22)18-9-10-19(34-15(2)3)20(13-18)32-5/h7-15,23H,6H2,1-5H3/b21-12-/t23-/m0/s1. The fourth-order valence-electron chi connectivity index (χ4n) is 3.93. The average molecular weight is 494 g/mol. The van der Waals surface area contributed by atoms with Crippen molar-refractivity contribution in [2.45, 2.75) is 39.8 Å².